The number of anilines is 1. The van der Waals surface area contributed by atoms with Gasteiger partial charge in [0.1, 0.15) is 5.75 Å². The Labute approximate surface area is 167 Å². The van der Waals surface area contributed by atoms with Crippen LogP contribution in [0.25, 0.3) is 16.6 Å². The average molecular weight is 416 g/mol. The lowest BCUT2D eigenvalue weighted by Crippen LogP contribution is -2.23. The minimum atomic E-state index is -4.82. The van der Waals surface area contributed by atoms with Gasteiger partial charge in [0.05, 0.1) is 23.9 Å². The monoisotopic (exact) mass is 416 g/mol. The van der Waals surface area contributed by atoms with E-state index in [0.29, 0.717) is 11.2 Å². The van der Waals surface area contributed by atoms with Gasteiger partial charge in [-0.25, -0.2) is 9.36 Å². The lowest BCUT2D eigenvalue weighted by atomic mass is 10.1. The summed E-state index contributed by atoms with van der Waals surface area (Å²) in [6.45, 7) is 0.136. The fraction of sp³-hybridized carbons (Fsp3) is 0.100. The van der Waals surface area contributed by atoms with E-state index < -0.39 is 17.8 Å². The van der Waals surface area contributed by atoms with Crippen LogP contribution in [0.5, 0.6) is 11.6 Å². The average Bonchev–Trinajstić information content (AvgIpc) is 2.95. The molecule has 0 atom stereocenters. The maximum atomic E-state index is 12.8. The van der Waals surface area contributed by atoms with E-state index in [4.69, 9.17) is 5.73 Å². The highest BCUT2D eigenvalue weighted by Crippen LogP contribution is 2.25. The molecule has 0 spiro atoms. The number of fused-ring (bicyclic) bond motifs is 1. The number of aromatic hydroxyl groups is 1. The van der Waals surface area contributed by atoms with Crippen molar-refractivity contribution in [2.45, 2.75) is 12.9 Å². The third-order valence-electron chi connectivity index (χ3n) is 4.46. The number of alkyl halides is 3. The van der Waals surface area contributed by atoms with Gasteiger partial charge in [-0.1, -0.05) is 0 Å². The molecule has 0 unspecified atom stereocenters. The molecule has 4 aromatic rings. The molecule has 2 heterocycles. The molecule has 3 N–H and O–H groups in total. The SMILES string of the molecule is Nc1ccc2nccc(Cn3cc(O)n(-c4ccc(OC(F)(F)F)cc4)c3=O)c2c1. The number of pyridine rings is 1. The van der Waals surface area contributed by atoms with Crippen LogP contribution in [-0.4, -0.2) is 25.6 Å². The van der Waals surface area contributed by atoms with Crippen LogP contribution in [0.4, 0.5) is 18.9 Å². The quantitative estimate of drug-likeness (QED) is 0.497. The first-order valence-corrected chi connectivity index (χ1v) is 8.72. The normalized spacial score (nSPS) is 11.7. The number of rotatable bonds is 4. The molecular weight excluding hydrogens is 401 g/mol. The third-order valence-corrected chi connectivity index (χ3v) is 4.46. The summed E-state index contributed by atoms with van der Waals surface area (Å²) in [5.74, 6) is -0.790. The summed E-state index contributed by atoms with van der Waals surface area (Å²) in [7, 11) is 0. The van der Waals surface area contributed by atoms with Crippen molar-refractivity contribution in [2.24, 2.45) is 0 Å². The van der Waals surface area contributed by atoms with E-state index in [1.165, 1.54) is 22.9 Å². The van der Waals surface area contributed by atoms with E-state index >= 15 is 0 Å². The molecule has 0 amide bonds. The number of nitrogens with zero attached hydrogens (tertiary/aromatic N) is 3. The highest BCUT2D eigenvalue weighted by atomic mass is 19.4. The standard InChI is InChI=1S/C20H15F3N4O3/c21-20(22,23)30-15-4-2-14(3-5-15)27-18(28)11-26(19(27)29)10-12-7-8-25-17-6-1-13(24)9-16(12)17/h1-9,11,28H,10,24H2. The molecule has 0 bridgehead atoms. The second-order valence-corrected chi connectivity index (χ2v) is 6.52. The molecule has 30 heavy (non-hydrogen) atoms. The van der Waals surface area contributed by atoms with Crippen molar-refractivity contribution in [3.63, 3.8) is 0 Å². The van der Waals surface area contributed by atoms with Crippen LogP contribution in [0.1, 0.15) is 5.56 Å². The Balaban J connectivity index is 1.68. The van der Waals surface area contributed by atoms with Crippen molar-refractivity contribution in [1.82, 2.24) is 14.1 Å². The van der Waals surface area contributed by atoms with E-state index in [2.05, 4.69) is 9.72 Å². The van der Waals surface area contributed by atoms with E-state index in [1.54, 1.807) is 30.5 Å². The van der Waals surface area contributed by atoms with Gasteiger partial charge in [0.25, 0.3) is 0 Å². The smallest absolute Gasteiger partial charge is 0.493 e. The summed E-state index contributed by atoms with van der Waals surface area (Å²) < 4.78 is 43.0. The predicted molar refractivity (Wildman–Crippen MR) is 104 cm³/mol. The van der Waals surface area contributed by atoms with E-state index in [0.717, 1.165) is 27.6 Å². The van der Waals surface area contributed by atoms with Crippen molar-refractivity contribution in [3.05, 3.63) is 77.0 Å². The van der Waals surface area contributed by atoms with Crippen LogP contribution in [0, 0.1) is 0 Å². The highest BCUT2D eigenvalue weighted by Gasteiger charge is 2.31. The van der Waals surface area contributed by atoms with Gasteiger partial charge in [0.2, 0.25) is 5.88 Å². The number of aromatic nitrogens is 3. The number of ether oxygens (including phenoxy) is 1. The van der Waals surface area contributed by atoms with Gasteiger partial charge in [-0.05, 0) is 54.1 Å². The summed E-state index contributed by atoms with van der Waals surface area (Å²) in [6.07, 6.45) is -1.96. The van der Waals surface area contributed by atoms with Crippen molar-refractivity contribution < 1.29 is 23.0 Å². The van der Waals surface area contributed by atoms with Gasteiger partial charge in [0, 0.05) is 17.3 Å². The maximum absolute atomic E-state index is 12.8. The Morgan fingerprint density at radius 2 is 1.83 bits per heavy atom. The Hall–Kier alpha value is -3.95. The van der Waals surface area contributed by atoms with Crippen LogP contribution >= 0.6 is 0 Å². The first kappa shape index (κ1) is 19.4. The maximum Gasteiger partial charge on any atom is 0.573 e. The number of hydrogen-bond donors (Lipinski definition) is 2. The van der Waals surface area contributed by atoms with Crippen molar-refractivity contribution in [1.29, 1.82) is 0 Å². The second kappa shape index (κ2) is 7.14. The van der Waals surface area contributed by atoms with Crippen LogP contribution in [-0.2, 0) is 6.54 Å². The first-order chi connectivity index (χ1) is 14.2. The number of benzene rings is 2. The van der Waals surface area contributed by atoms with Crippen molar-refractivity contribution in [2.75, 3.05) is 5.73 Å². The molecule has 0 aliphatic heterocycles. The fourth-order valence-electron chi connectivity index (χ4n) is 3.17. The van der Waals surface area contributed by atoms with Crippen molar-refractivity contribution >= 4 is 16.6 Å². The Bertz CT molecular complexity index is 1280. The molecule has 2 aromatic carbocycles. The summed E-state index contributed by atoms with van der Waals surface area (Å²) >= 11 is 0. The van der Waals surface area contributed by atoms with E-state index in [9.17, 15) is 23.1 Å². The van der Waals surface area contributed by atoms with Gasteiger partial charge in [-0.2, -0.15) is 0 Å². The Kier molecular flexibility index (Phi) is 4.61. The lowest BCUT2D eigenvalue weighted by molar-refractivity contribution is -0.274. The zero-order valence-electron chi connectivity index (χ0n) is 15.3. The van der Waals surface area contributed by atoms with Crippen LogP contribution in [0.2, 0.25) is 0 Å². The van der Waals surface area contributed by atoms with Crippen LogP contribution < -0.4 is 16.2 Å². The van der Waals surface area contributed by atoms with E-state index in [1.807, 2.05) is 0 Å². The topological polar surface area (TPSA) is 95.3 Å². The number of imidazole rings is 1. The molecule has 10 heteroatoms. The van der Waals surface area contributed by atoms with Gasteiger partial charge < -0.3 is 15.6 Å². The van der Waals surface area contributed by atoms with Gasteiger partial charge in [-0.15, -0.1) is 13.2 Å². The molecule has 0 aliphatic carbocycles. The minimum Gasteiger partial charge on any atom is -0.493 e. The van der Waals surface area contributed by atoms with Gasteiger partial charge >= 0.3 is 12.1 Å². The minimum absolute atomic E-state index is 0.136. The molecule has 154 valence electrons. The molecule has 0 radical (unpaired) electrons. The summed E-state index contributed by atoms with van der Waals surface area (Å²) in [4.78, 5) is 17.1. The number of nitrogen functional groups attached to an aromatic ring is 1. The molecule has 0 fully saturated rings. The fourth-order valence-corrected chi connectivity index (χ4v) is 3.17. The molecule has 4 rings (SSSR count). The second-order valence-electron chi connectivity index (χ2n) is 6.52. The zero-order chi connectivity index (χ0) is 21.5. The first-order valence-electron chi connectivity index (χ1n) is 8.72. The Morgan fingerprint density at radius 3 is 2.53 bits per heavy atom. The lowest BCUT2D eigenvalue weighted by Gasteiger charge is -2.09. The van der Waals surface area contributed by atoms with Crippen molar-refractivity contribution in [3.8, 4) is 17.3 Å². The molecule has 0 saturated carbocycles. The van der Waals surface area contributed by atoms with Gasteiger partial charge in [-0.3, -0.25) is 9.55 Å². The molecule has 0 saturated heterocycles. The number of hydrogen-bond acceptors (Lipinski definition) is 5. The third kappa shape index (κ3) is 3.79. The molecule has 2 aromatic heterocycles. The van der Waals surface area contributed by atoms with Gasteiger partial charge in [0.15, 0.2) is 0 Å². The molecular formula is C20H15F3N4O3. The van der Waals surface area contributed by atoms with E-state index in [-0.39, 0.29) is 18.1 Å². The van der Waals surface area contributed by atoms with Crippen LogP contribution in [0.15, 0.2) is 65.7 Å². The summed E-state index contributed by atoms with van der Waals surface area (Å²) in [5.41, 5.74) is 7.49. The Morgan fingerprint density at radius 1 is 1.10 bits per heavy atom. The summed E-state index contributed by atoms with van der Waals surface area (Å²) in [5, 5.41) is 11.0. The molecule has 7 nitrogen and oxygen atoms in total. The van der Waals surface area contributed by atoms with Crippen LogP contribution in [0.3, 0.4) is 0 Å². The zero-order valence-corrected chi connectivity index (χ0v) is 15.3. The number of nitrogens with two attached hydrogens (primary N) is 1. The predicted octanol–water partition coefficient (Wildman–Crippen LogP) is 3.42. The largest absolute Gasteiger partial charge is 0.573 e. The molecule has 0 aliphatic rings. The number of halogens is 3. The summed E-state index contributed by atoms with van der Waals surface area (Å²) in [6, 6.07) is 11.6. The highest BCUT2D eigenvalue weighted by molar-refractivity contribution is 5.85.